The van der Waals surface area contributed by atoms with Gasteiger partial charge in [-0.1, -0.05) is 6.07 Å². The first-order chi connectivity index (χ1) is 11.6. The summed E-state index contributed by atoms with van der Waals surface area (Å²) in [6.45, 7) is 0. The highest BCUT2D eigenvalue weighted by Gasteiger charge is 2.17. The van der Waals surface area contributed by atoms with Gasteiger partial charge in [-0.15, -0.1) is 0 Å². The lowest BCUT2D eigenvalue weighted by atomic mass is 10.2. The predicted octanol–water partition coefficient (Wildman–Crippen LogP) is 3.35. The molecule has 0 unspecified atom stereocenters. The third-order valence-corrected chi connectivity index (χ3v) is 3.94. The molecule has 0 aliphatic heterocycles. The molecule has 2 N–H and O–H groups in total. The van der Waals surface area contributed by atoms with Gasteiger partial charge in [-0.2, -0.15) is 0 Å². The third kappa shape index (κ3) is 3.90. The number of nitrogens with one attached hydrogen (secondary N) is 1. The predicted molar refractivity (Wildman–Crippen MR) is 88.5 cm³/mol. The minimum Gasteiger partial charge on any atom is -0.490 e. The minimum atomic E-state index is -1.10. The quantitative estimate of drug-likeness (QED) is 0.879. The number of benzene rings is 1. The number of hydrogen-bond donors (Lipinski definition) is 2. The van der Waals surface area contributed by atoms with Gasteiger partial charge in [0.1, 0.15) is 11.4 Å². The molecule has 1 aliphatic carbocycles. The fourth-order valence-electron chi connectivity index (χ4n) is 2.73. The van der Waals surface area contributed by atoms with Crippen molar-refractivity contribution in [3.8, 4) is 5.75 Å². The average molecular weight is 326 g/mol. The number of anilines is 1. The molecule has 1 aromatic carbocycles. The van der Waals surface area contributed by atoms with Crippen LogP contribution >= 0.6 is 0 Å². The number of hydrogen-bond acceptors (Lipinski definition) is 4. The zero-order valence-corrected chi connectivity index (χ0v) is 13.1. The van der Waals surface area contributed by atoms with Gasteiger partial charge in [0, 0.05) is 18.0 Å². The van der Waals surface area contributed by atoms with Gasteiger partial charge in [-0.25, -0.2) is 4.79 Å². The van der Waals surface area contributed by atoms with E-state index in [-0.39, 0.29) is 17.4 Å². The molecular weight excluding hydrogens is 308 g/mol. The number of carboxylic acid groups (broad SMARTS) is 1. The molecule has 1 fully saturated rings. The van der Waals surface area contributed by atoms with Gasteiger partial charge in [0.05, 0.1) is 11.7 Å². The van der Waals surface area contributed by atoms with Crippen LogP contribution in [0.3, 0.4) is 0 Å². The summed E-state index contributed by atoms with van der Waals surface area (Å²) in [7, 11) is 0. The van der Waals surface area contributed by atoms with E-state index >= 15 is 0 Å². The molecule has 3 rings (SSSR count). The van der Waals surface area contributed by atoms with Crippen molar-refractivity contribution in [3.05, 3.63) is 53.9 Å². The van der Waals surface area contributed by atoms with Crippen molar-refractivity contribution in [2.45, 2.75) is 31.8 Å². The summed E-state index contributed by atoms with van der Waals surface area (Å²) in [4.78, 5) is 27.1. The molecule has 6 nitrogen and oxygen atoms in total. The summed E-state index contributed by atoms with van der Waals surface area (Å²) in [5.41, 5.74) is 0.656. The van der Waals surface area contributed by atoms with Gasteiger partial charge >= 0.3 is 5.97 Å². The zero-order chi connectivity index (χ0) is 16.9. The lowest BCUT2D eigenvalue weighted by molar-refractivity contribution is 0.0696. The summed E-state index contributed by atoms with van der Waals surface area (Å²) in [5.74, 6) is -0.846. The molecular formula is C18H18N2O4. The molecule has 24 heavy (non-hydrogen) atoms. The summed E-state index contributed by atoms with van der Waals surface area (Å²) in [6.07, 6.45) is 6.03. The van der Waals surface area contributed by atoms with Crippen LogP contribution in [0, 0.1) is 0 Å². The Balaban J connectivity index is 1.69. The van der Waals surface area contributed by atoms with E-state index in [0.717, 1.165) is 12.8 Å². The number of amides is 1. The maximum Gasteiger partial charge on any atom is 0.335 e. The number of rotatable bonds is 5. The smallest absolute Gasteiger partial charge is 0.335 e. The number of nitrogens with zero attached hydrogens (tertiary/aromatic N) is 1. The molecule has 1 aromatic heterocycles. The second kappa shape index (κ2) is 7.12. The van der Waals surface area contributed by atoms with Crippen LogP contribution in [-0.2, 0) is 0 Å². The van der Waals surface area contributed by atoms with Gasteiger partial charge in [-0.05, 0) is 49.9 Å². The van der Waals surface area contributed by atoms with Gasteiger partial charge in [0.25, 0.3) is 5.91 Å². The van der Waals surface area contributed by atoms with Crippen molar-refractivity contribution in [3.63, 3.8) is 0 Å². The molecule has 1 saturated carbocycles. The fraction of sp³-hybridized carbons (Fsp3) is 0.278. The second-order valence-corrected chi connectivity index (χ2v) is 5.74. The second-order valence-electron chi connectivity index (χ2n) is 5.74. The van der Waals surface area contributed by atoms with Crippen molar-refractivity contribution in [1.29, 1.82) is 0 Å². The molecule has 0 atom stereocenters. The Hall–Kier alpha value is -2.89. The molecule has 2 aromatic rings. The Morgan fingerprint density at radius 3 is 2.71 bits per heavy atom. The van der Waals surface area contributed by atoms with Crippen molar-refractivity contribution in [2.75, 3.05) is 5.32 Å². The van der Waals surface area contributed by atoms with Crippen molar-refractivity contribution in [1.82, 2.24) is 4.98 Å². The highest BCUT2D eigenvalue weighted by molar-refractivity contribution is 6.04. The SMILES string of the molecule is O=C(O)c1ccnc(C(=O)Nc2cccc(OC3CCCC3)c2)c1. The molecule has 0 radical (unpaired) electrons. The largest absolute Gasteiger partial charge is 0.490 e. The van der Waals surface area contributed by atoms with Crippen molar-refractivity contribution >= 4 is 17.6 Å². The summed E-state index contributed by atoms with van der Waals surface area (Å²) < 4.78 is 5.91. The lowest BCUT2D eigenvalue weighted by Crippen LogP contribution is -2.15. The highest BCUT2D eigenvalue weighted by atomic mass is 16.5. The maximum atomic E-state index is 12.2. The number of carbonyl (C=O) groups excluding carboxylic acids is 1. The summed E-state index contributed by atoms with van der Waals surface area (Å²) in [5, 5.41) is 11.7. The number of aromatic carboxylic acids is 1. The van der Waals surface area contributed by atoms with Gasteiger partial charge in [-0.3, -0.25) is 9.78 Å². The molecule has 0 spiro atoms. The number of aromatic nitrogens is 1. The Labute approximate surface area is 139 Å². The van der Waals surface area contributed by atoms with Crippen LogP contribution in [0.25, 0.3) is 0 Å². The molecule has 1 heterocycles. The molecule has 0 saturated heterocycles. The lowest BCUT2D eigenvalue weighted by Gasteiger charge is -2.14. The van der Waals surface area contributed by atoms with E-state index in [4.69, 9.17) is 9.84 Å². The van der Waals surface area contributed by atoms with E-state index in [1.807, 2.05) is 6.07 Å². The van der Waals surface area contributed by atoms with Crippen LogP contribution < -0.4 is 10.1 Å². The molecule has 1 amide bonds. The van der Waals surface area contributed by atoms with Crippen LogP contribution in [-0.4, -0.2) is 28.1 Å². The fourth-order valence-corrected chi connectivity index (χ4v) is 2.73. The maximum absolute atomic E-state index is 12.2. The first-order valence-corrected chi connectivity index (χ1v) is 7.89. The van der Waals surface area contributed by atoms with Crippen molar-refractivity contribution in [2.24, 2.45) is 0 Å². The Morgan fingerprint density at radius 1 is 1.17 bits per heavy atom. The highest BCUT2D eigenvalue weighted by Crippen LogP contribution is 2.25. The third-order valence-electron chi connectivity index (χ3n) is 3.94. The number of carboxylic acids is 1. The van der Waals surface area contributed by atoms with E-state index in [9.17, 15) is 9.59 Å². The van der Waals surface area contributed by atoms with E-state index < -0.39 is 11.9 Å². The monoisotopic (exact) mass is 326 g/mol. The van der Waals surface area contributed by atoms with Crippen molar-refractivity contribution < 1.29 is 19.4 Å². The Morgan fingerprint density at radius 2 is 1.96 bits per heavy atom. The molecule has 124 valence electrons. The van der Waals surface area contributed by atoms with Crippen LogP contribution in [0.15, 0.2) is 42.6 Å². The molecule has 6 heteroatoms. The van der Waals surface area contributed by atoms with E-state index in [1.54, 1.807) is 18.2 Å². The normalized spacial score (nSPS) is 14.3. The molecule has 1 aliphatic rings. The standard InChI is InChI=1S/C18H18N2O4/c21-17(16-10-12(18(22)23)8-9-19-16)20-13-4-3-7-15(11-13)24-14-5-1-2-6-14/h3-4,7-11,14H,1-2,5-6H2,(H,20,21)(H,22,23). The number of ether oxygens (including phenoxy) is 1. The van der Waals surface area contributed by atoms with Crippen LogP contribution in [0.5, 0.6) is 5.75 Å². The van der Waals surface area contributed by atoms with E-state index in [0.29, 0.717) is 11.4 Å². The summed E-state index contributed by atoms with van der Waals surface area (Å²) in [6, 6.07) is 9.77. The number of pyridine rings is 1. The van der Waals surface area contributed by atoms with Gasteiger partial charge in [0.15, 0.2) is 0 Å². The Bertz CT molecular complexity index is 754. The van der Waals surface area contributed by atoms with Gasteiger partial charge < -0.3 is 15.2 Å². The topological polar surface area (TPSA) is 88.5 Å². The van der Waals surface area contributed by atoms with Crippen LogP contribution in [0.1, 0.15) is 46.5 Å². The van der Waals surface area contributed by atoms with E-state index in [1.165, 1.54) is 31.2 Å². The molecule has 0 bridgehead atoms. The van der Waals surface area contributed by atoms with Gasteiger partial charge in [0.2, 0.25) is 0 Å². The number of carbonyl (C=O) groups is 2. The van der Waals surface area contributed by atoms with Crippen LogP contribution in [0.4, 0.5) is 5.69 Å². The average Bonchev–Trinajstić information content (AvgIpc) is 3.08. The van der Waals surface area contributed by atoms with E-state index in [2.05, 4.69) is 10.3 Å². The first-order valence-electron chi connectivity index (χ1n) is 7.89. The zero-order valence-electron chi connectivity index (χ0n) is 13.1. The minimum absolute atomic E-state index is 0.0217. The first kappa shape index (κ1) is 16.0. The summed E-state index contributed by atoms with van der Waals surface area (Å²) >= 11 is 0. The Kier molecular flexibility index (Phi) is 4.74. The van der Waals surface area contributed by atoms with Crippen LogP contribution in [0.2, 0.25) is 0 Å².